The monoisotopic (exact) mass is 592 g/mol. The molecule has 192 valence electrons. The van der Waals surface area contributed by atoms with Crippen LogP contribution in [-0.2, 0) is 13.5 Å². The summed E-state index contributed by atoms with van der Waals surface area (Å²) in [6.45, 7) is 23.8. The van der Waals surface area contributed by atoms with Gasteiger partial charge in [-0.15, -0.1) is 0 Å². The third-order valence-corrected chi connectivity index (χ3v) is 7.67. The number of rotatable bonds is 3. The first kappa shape index (κ1) is 30.9. The fourth-order valence-electron chi connectivity index (χ4n) is 4.99. The molecule has 34 heavy (non-hydrogen) atoms. The van der Waals surface area contributed by atoms with Crippen LogP contribution in [0, 0.1) is 29.8 Å². The molecule has 2 atom stereocenters. The summed E-state index contributed by atoms with van der Waals surface area (Å²) < 4.78 is 1.88. The Balaban J connectivity index is 0.000000443. The van der Waals surface area contributed by atoms with Gasteiger partial charge in [-0.25, -0.2) is 0 Å². The van der Waals surface area contributed by atoms with Crippen molar-refractivity contribution in [3.8, 4) is 6.07 Å². The molecule has 0 saturated carbocycles. The first-order chi connectivity index (χ1) is 15.9. The summed E-state index contributed by atoms with van der Waals surface area (Å²) in [5, 5.41) is 7.32. The van der Waals surface area contributed by atoms with Crippen molar-refractivity contribution >= 4 is 24.0 Å². The average molecular weight is 593 g/mol. The van der Waals surface area contributed by atoms with Gasteiger partial charge in [0.05, 0.1) is 6.07 Å². The van der Waals surface area contributed by atoms with Crippen LogP contribution >= 0.6 is 19.4 Å². The maximum atomic E-state index is 7.32. The second-order valence-electron chi connectivity index (χ2n) is 9.62. The summed E-state index contributed by atoms with van der Waals surface area (Å²) in [5.41, 5.74) is 10.2. The van der Waals surface area contributed by atoms with E-state index in [4.69, 9.17) is 24.6 Å². The zero-order valence-electron chi connectivity index (χ0n) is 22.3. The van der Waals surface area contributed by atoms with Crippen LogP contribution in [0.15, 0.2) is 57.5 Å². The van der Waals surface area contributed by atoms with Gasteiger partial charge in [-0.3, -0.25) is 0 Å². The van der Waals surface area contributed by atoms with Gasteiger partial charge in [-0.1, -0.05) is 37.1 Å². The number of hydrogen-bond acceptors (Lipinski definition) is 3. The van der Waals surface area contributed by atoms with Crippen molar-refractivity contribution in [2.45, 2.75) is 75.2 Å². The van der Waals surface area contributed by atoms with E-state index in [0.29, 0.717) is 11.8 Å². The number of nitrogens with zero attached hydrogens (tertiary/aromatic N) is 3. The van der Waals surface area contributed by atoms with Gasteiger partial charge >= 0.3 is 63.0 Å². The van der Waals surface area contributed by atoms with Crippen LogP contribution in [0.5, 0.6) is 0 Å². The third kappa shape index (κ3) is 9.85. The molecule has 0 spiro atoms. The maximum Gasteiger partial charge on any atom is 0.00510 e. The zero-order chi connectivity index (χ0) is 26.0. The Morgan fingerprint density at radius 3 is 1.62 bits per heavy atom. The normalized spacial score (nSPS) is 22.5. The van der Waals surface area contributed by atoms with Crippen molar-refractivity contribution in [1.29, 1.82) is 5.26 Å². The first-order valence-electron chi connectivity index (χ1n) is 11.8. The molecule has 0 bridgehead atoms. The molecule has 3 nitrogen and oxygen atoms in total. The van der Waals surface area contributed by atoms with E-state index in [9.17, 15) is 0 Å². The molecular weight excluding hydrogens is 550 g/mol. The topological polar surface area (TPSA) is 30.3 Å². The third-order valence-electron chi connectivity index (χ3n) is 5.88. The second kappa shape index (κ2) is 15.1. The van der Waals surface area contributed by atoms with Crippen LogP contribution in [0.25, 0.3) is 0 Å². The van der Waals surface area contributed by atoms with E-state index in [1.807, 2.05) is 24.5 Å². The minimum atomic E-state index is -1.52. The summed E-state index contributed by atoms with van der Waals surface area (Å²) in [7, 11) is 11.1. The number of hydrogen-bond donors (Lipinski definition) is 0. The Bertz CT molecular complexity index is 869. The largest absolute Gasteiger partial charge is 0.505 e. The molecule has 2 aliphatic carbocycles. The van der Waals surface area contributed by atoms with Crippen LogP contribution < -0.4 is 0 Å². The van der Waals surface area contributed by atoms with Crippen molar-refractivity contribution in [2.75, 3.05) is 13.1 Å². The van der Waals surface area contributed by atoms with Gasteiger partial charge in [-0.05, 0) is 74.9 Å². The molecule has 3 aliphatic rings. The molecule has 0 aromatic heterocycles. The van der Waals surface area contributed by atoms with Gasteiger partial charge in [0.25, 0.3) is 0 Å². The average Bonchev–Trinajstić information content (AvgIpc) is 3.15. The molecule has 3 rings (SSSR count). The molecule has 1 heterocycles. The van der Waals surface area contributed by atoms with Crippen molar-refractivity contribution in [3.05, 3.63) is 64.2 Å². The van der Waals surface area contributed by atoms with Crippen LogP contribution in [0.4, 0.5) is 0 Å². The Hall–Kier alpha value is -1.14. The first-order valence-corrected chi connectivity index (χ1v) is 17.3. The maximum absolute atomic E-state index is 7.32. The summed E-state index contributed by atoms with van der Waals surface area (Å²) in [6.07, 6.45) is 9.07. The summed E-state index contributed by atoms with van der Waals surface area (Å²) >= 11 is -1.52. The van der Waals surface area contributed by atoms with Crippen molar-refractivity contribution in [3.63, 3.8) is 0 Å². The molecule has 0 unspecified atom stereocenters. The molecule has 6 heteroatoms. The Labute approximate surface area is 222 Å². The van der Waals surface area contributed by atoms with Gasteiger partial charge in [0.1, 0.15) is 0 Å². The van der Waals surface area contributed by atoms with Gasteiger partial charge in [0.15, 0.2) is 0 Å². The summed E-state index contributed by atoms with van der Waals surface area (Å²) in [6, 6.07) is 1.75. The smallest absolute Gasteiger partial charge is 0.00510 e. The Morgan fingerprint density at radius 2 is 1.35 bits per heavy atom. The Kier molecular flexibility index (Phi) is 13.7. The molecular formula is C28H42Cl2N3Ru-. The van der Waals surface area contributed by atoms with Crippen molar-refractivity contribution in [2.24, 2.45) is 11.8 Å². The van der Waals surface area contributed by atoms with Gasteiger partial charge in [0.2, 0.25) is 0 Å². The fraction of sp³-hybridized carbons (Fsp3) is 0.536. The Morgan fingerprint density at radius 1 is 0.971 bits per heavy atom. The summed E-state index contributed by atoms with van der Waals surface area (Å²) in [5.74, 6) is 1.24. The zero-order valence-corrected chi connectivity index (χ0v) is 25.6. The van der Waals surface area contributed by atoms with Crippen molar-refractivity contribution < 1.29 is 13.5 Å². The van der Waals surface area contributed by atoms with E-state index in [-0.39, 0.29) is 0 Å². The number of nitriles is 1. The molecule has 0 amide bonds. The van der Waals surface area contributed by atoms with Crippen LogP contribution in [0.2, 0.25) is 0 Å². The minimum absolute atomic E-state index is 0.622. The molecule has 1 fully saturated rings. The fourth-order valence-corrected chi connectivity index (χ4v) is 6.31. The molecule has 1 saturated heterocycles. The number of halogens is 2. The summed E-state index contributed by atoms with van der Waals surface area (Å²) in [4.78, 5) is 5.00. The molecule has 1 aliphatic heterocycles. The minimum Gasteiger partial charge on any atom is -0.505 e. The molecule has 0 aromatic rings. The van der Waals surface area contributed by atoms with E-state index in [1.165, 1.54) is 59.0 Å². The van der Waals surface area contributed by atoms with E-state index in [2.05, 4.69) is 70.2 Å². The van der Waals surface area contributed by atoms with Crippen LogP contribution in [0.1, 0.15) is 75.2 Å². The van der Waals surface area contributed by atoms with Gasteiger partial charge in [0, 0.05) is 20.0 Å². The standard InChI is InChI=1S/C21H31N2.C5H8.C2H3N.2ClH.Ru/c1-14-9-16(3)20(17(4)10-14)22-7-8-23(13-22)21-18(5)11-15(2)12-19(21)6;1-4-5(2)3;1-2-3;;;/h9,11,13,17,19H,7-8,10,12H2,1-6H3;1,4H,2-3H3;1H3;2*1H;/q-1;;;;;+2/p-2/t17-,19+;;;;;. The predicted octanol–water partition coefficient (Wildman–Crippen LogP) is 8.45. The predicted molar refractivity (Wildman–Crippen MR) is 147 cm³/mol. The van der Waals surface area contributed by atoms with E-state index >= 15 is 0 Å². The number of allylic oxidation sites excluding steroid dienone is 10. The second-order valence-corrected chi connectivity index (χ2v) is 15.4. The van der Waals surface area contributed by atoms with Crippen LogP contribution in [0.3, 0.4) is 0 Å². The van der Waals surface area contributed by atoms with E-state index in [0.717, 1.165) is 13.1 Å². The SMILES string of the molecule is CC#N.CC(C)=C[CH]=[Ru]([Cl])[Cl].CC1=CC(C)=C(N2[CH-]N(C3=C(C)C=C(C)C[C@@H]3C)CC2)[C@H](C)C1. The van der Waals surface area contributed by atoms with Gasteiger partial charge in [-0.2, -0.15) is 11.9 Å². The molecule has 0 radical (unpaired) electrons. The molecule has 0 N–H and O–H groups in total. The van der Waals surface area contributed by atoms with Crippen LogP contribution in [-0.4, -0.2) is 27.5 Å². The van der Waals surface area contributed by atoms with Gasteiger partial charge < -0.3 is 9.80 Å². The van der Waals surface area contributed by atoms with E-state index in [1.54, 1.807) is 6.07 Å². The quantitative estimate of drug-likeness (QED) is 0.243. The molecule has 0 aromatic carbocycles. The van der Waals surface area contributed by atoms with E-state index < -0.39 is 13.5 Å². The van der Waals surface area contributed by atoms with Crippen molar-refractivity contribution in [1.82, 2.24) is 9.80 Å².